The fourth-order valence-corrected chi connectivity index (χ4v) is 6.06. The van der Waals surface area contributed by atoms with Crippen LogP contribution < -0.4 is 0 Å². The van der Waals surface area contributed by atoms with Gasteiger partial charge in [-0.1, -0.05) is 186 Å². The van der Waals surface area contributed by atoms with Crippen molar-refractivity contribution in [3.8, 4) is 0 Å². The molecule has 5 heteroatoms. The van der Waals surface area contributed by atoms with Crippen LogP contribution in [-0.4, -0.2) is 36.4 Å². The minimum absolute atomic E-state index is 0.0636. The van der Waals surface area contributed by atoms with Crippen LogP contribution in [0.2, 0.25) is 0 Å². The Balaban J connectivity index is 3.52. The number of aliphatic hydroxyl groups excluding tert-OH is 1. The van der Waals surface area contributed by atoms with Crippen LogP contribution in [0.5, 0.6) is 0 Å². The highest BCUT2D eigenvalue weighted by Gasteiger charge is 2.16. The molecule has 0 unspecified atom stereocenters. The summed E-state index contributed by atoms with van der Waals surface area (Å²) in [5.41, 5.74) is 0. The summed E-state index contributed by atoms with van der Waals surface area (Å²) in [5.74, 6) is -0.586. The summed E-state index contributed by atoms with van der Waals surface area (Å²) in [6, 6.07) is 0. The predicted octanol–water partition coefficient (Wildman–Crippen LogP) is 13.1. The van der Waals surface area contributed by atoms with Crippen LogP contribution in [0.15, 0.2) is 24.3 Å². The normalized spacial score (nSPS) is 12.3. The van der Waals surface area contributed by atoms with E-state index in [1.807, 2.05) is 0 Å². The van der Waals surface area contributed by atoms with Gasteiger partial charge in [0.15, 0.2) is 6.10 Å². The predicted molar refractivity (Wildman–Crippen MR) is 205 cm³/mol. The van der Waals surface area contributed by atoms with Gasteiger partial charge in [0.1, 0.15) is 6.61 Å². The van der Waals surface area contributed by atoms with Crippen molar-refractivity contribution in [2.24, 2.45) is 0 Å². The molecule has 1 N–H and O–H groups in total. The van der Waals surface area contributed by atoms with E-state index in [1.165, 1.54) is 148 Å². The molecule has 0 aliphatic rings. The van der Waals surface area contributed by atoms with Gasteiger partial charge in [0.05, 0.1) is 6.61 Å². The van der Waals surface area contributed by atoms with E-state index in [2.05, 4.69) is 38.2 Å². The zero-order valence-corrected chi connectivity index (χ0v) is 32.0. The number of allylic oxidation sites excluding steroid dienone is 4. The fourth-order valence-electron chi connectivity index (χ4n) is 6.06. The molecular weight excluding hydrogens is 596 g/mol. The second-order valence-corrected chi connectivity index (χ2v) is 14.1. The number of aliphatic hydroxyl groups is 1. The van der Waals surface area contributed by atoms with E-state index in [1.54, 1.807) is 0 Å². The van der Waals surface area contributed by atoms with E-state index in [0.29, 0.717) is 12.8 Å². The molecule has 0 saturated heterocycles. The van der Waals surface area contributed by atoms with Crippen LogP contribution in [0.3, 0.4) is 0 Å². The molecule has 0 spiro atoms. The van der Waals surface area contributed by atoms with Gasteiger partial charge in [-0.3, -0.25) is 9.59 Å². The Hall–Kier alpha value is -1.62. The molecule has 0 aromatic rings. The summed E-state index contributed by atoms with van der Waals surface area (Å²) in [6.45, 7) is 4.13. The van der Waals surface area contributed by atoms with Crippen LogP contribution in [-0.2, 0) is 19.1 Å². The maximum absolute atomic E-state index is 12.2. The minimum Gasteiger partial charge on any atom is -0.462 e. The molecule has 5 nitrogen and oxygen atoms in total. The summed E-state index contributed by atoms with van der Waals surface area (Å²) < 4.78 is 10.6. The number of hydrogen-bond acceptors (Lipinski definition) is 5. The van der Waals surface area contributed by atoms with Crippen molar-refractivity contribution in [1.29, 1.82) is 0 Å². The number of carbonyl (C=O) groups excluding carboxylic acids is 2. The van der Waals surface area contributed by atoms with E-state index in [9.17, 15) is 14.7 Å². The number of hydrogen-bond donors (Lipinski definition) is 1. The lowest BCUT2D eigenvalue weighted by molar-refractivity contribution is -0.161. The molecule has 0 bridgehead atoms. The Kier molecular flexibility index (Phi) is 38.5. The van der Waals surface area contributed by atoms with Gasteiger partial charge in [-0.2, -0.15) is 0 Å². The Morgan fingerprint density at radius 2 is 0.833 bits per heavy atom. The number of carbonyl (C=O) groups is 2. The van der Waals surface area contributed by atoms with Gasteiger partial charge < -0.3 is 14.6 Å². The van der Waals surface area contributed by atoms with Crippen molar-refractivity contribution in [2.75, 3.05) is 13.2 Å². The summed E-state index contributed by atoms with van der Waals surface area (Å²) in [6.07, 6.45) is 46.7. The van der Waals surface area contributed by atoms with E-state index < -0.39 is 6.10 Å². The fraction of sp³-hybridized carbons (Fsp3) is 0.860. The molecule has 0 saturated carbocycles. The zero-order valence-electron chi connectivity index (χ0n) is 32.0. The smallest absolute Gasteiger partial charge is 0.306 e. The quantitative estimate of drug-likeness (QED) is 0.0400. The van der Waals surface area contributed by atoms with E-state index >= 15 is 0 Å². The van der Waals surface area contributed by atoms with Gasteiger partial charge >= 0.3 is 11.9 Å². The molecule has 0 aliphatic carbocycles. The van der Waals surface area contributed by atoms with E-state index in [4.69, 9.17) is 9.47 Å². The van der Waals surface area contributed by atoms with Gasteiger partial charge in [-0.05, 0) is 44.9 Å². The molecule has 0 aliphatic heterocycles. The second-order valence-electron chi connectivity index (χ2n) is 14.1. The van der Waals surface area contributed by atoms with Crippen LogP contribution in [0.1, 0.15) is 219 Å². The largest absolute Gasteiger partial charge is 0.462 e. The van der Waals surface area contributed by atoms with Crippen molar-refractivity contribution < 1.29 is 24.2 Å². The lowest BCUT2D eigenvalue weighted by Gasteiger charge is -2.15. The van der Waals surface area contributed by atoms with E-state index in [-0.39, 0.29) is 25.2 Å². The summed E-state index contributed by atoms with van der Waals surface area (Å²) in [4.78, 5) is 24.3. The third-order valence-electron chi connectivity index (χ3n) is 9.25. The Labute approximate surface area is 298 Å². The Morgan fingerprint density at radius 1 is 0.479 bits per heavy atom. The minimum atomic E-state index is -0.768. The summed E-state index contributed by atoms with van der Waals surface area (Å²) >= 11 is 0. The van der Waals surface area contributed by atoms with Gasteiger partial charge in [-0.15, -0.1) is 0 Å². The third-order valence-corrected chi connectivity index (χ3v) is 9.25. The topological polar surface area (TPSA) is 72.8 Å². The van der Waals surface area contributed by atoms with Crippen molar-refractivity contribution in [3.63, 3.8) is 0 Å². The second kappa shape index (κ2) is 39.8. The number of esters is 2. The molecule has 0 aromatic heterocycles. The number of rotatable bonds is 38. The lowest BCUT2D eigenvalue weighted by Crippen LogP contribution is -2.28. The average molecular weight is 677 g/mol. The summed E-state index contributed by atoms with van der Waals surface area (Å²) in [5, 5.41) is 9.56. The van der Waals surface area contributed by atoms with Crippen molar-refractivity contribution in [1.82, 2.24) is 0 Å². The monoisotopic (exact) mass is 677 g/mol. The van der Waals surface area contributed by atoms with Crippen LogP contribution in [0.25, 0.3) is 0 Å². The first-order valence-corrected chi connectivity index (χ1v) is 20.9. The van der Waals surface area contributed by atoms with Gasteiger partial charge in [0, 0.05) is 12.8 Å². The molecular formula is C43H80O5. The molecule has 0 fully saturated rings. The summed E-state index contributed by atoms with van der Waals surface area (Å²) in [7, 11) is 0. The van der Waals surface area contributed by atoms with Crippen molar-refractivity contribution in [2.45, 2.75) is 225 Å². The highest BCUT2D eigenvalue weighted by Crippen LogP contribution is 2.15. The van der Waals surface area contributed by atoms with Crippen molar-refractivity contribution >= 4 is 11.9 Å². The number of ether oxygens (including phenoxy) is 2. The van der Waals surface area contributed by atoms with Gasteiger partial charge in [-0.25, -0.2) is 0 Å². The molecule has 1 atom stereocenters. The average Bonchev–Trinajstić information content (AvgIpc) is 3.09. The first kappa shape index (κ1) is 46.4. The molecule has 0 amide bonds. The molecule has 0 heterocycles. The van der Waals surface area contributed by atoms with Gasteiger partial charge in [0.2, 0.25) is 0 Å². The number of unbranched alkanes of at least 4 members (excludes halogenated alkanes) is 26. The Morgan fingerprint density at radius 3 is 1.27 bits per heavy atom. The first-order valence-electron chi connectivity index (χ1n) is 20.9. The molecule has 48 heavy (non-hydrogen) atoms. The highest BCUT2D eigenvalue weighted by atomic mass is 16.6. The molecule has 0 aromatic carbocycles. The standard InChI is InChI=1S/C43H80O5/c1-3-5-7-9-11-13-15-17-19-20-21-22-24-25-27-29-31-33-35-37-42(45)47-40-41(39-44)48-43(46)38-36-34-32-30-28-26-23-18-16-14-12-10-8-6-4-2/h11,13,17,19,41,44H,3-10,12,14-16,18,20-40H2,1-2H3/b13-11+,19-17+/t41-/m0/s1. The van der Waals surface area contributed by atoms with Crippen LogP contribution in [0.4, 0.5) is 0 Å². The molecule has 0 rings (SSSR count). The molecule has 282 valence electrons. The van der Waals surface area contributed by atoms with E-state index in [0.717, 1.165) is 44.9 Å². The third kappa shape index (κ3) is 37.2. The SMILES string of the molecule is CCCCC/C=C/C/C=C/CCCCCCCCCCCC(=O)OC[C@H](CO)OC(=O)CCCCCCCCCCCCCCCCC. The lowest BCUT2D eigenvalue weighted by atomic mass is 10.0. The highest BCUT2D eigenvalue weighted by molar-refractivity contribution is 5.70. The first-order chi connectivity index (χ1) is 23.6. The molecule has 0 radical (unpaired) electrons. The maximum Gasteiger partial charge on any atom is 0.306 e. The van der Waals surface area contributed by atoms with Crippen LogP contribution >= 0.6 is 0 Å². The Bertz CT molecular complexity index is 731. The maximum atomic E-state index is 12.2. The van der Waals surface area contributed by atoms with Crippen LogP contribution in [0, 0.1) is 0 Å². The van der Waals surface area contributed by atoms with Gasteiger partial charge in [0.25, 0.3) is 0 Å². The van der Waals surface area contributed by atoms with Crippen molar-refractivity contribution in [3.05, 3.63) is 24.3 Å². The zero-order chi connectivity index (χ0) is 35.0.